The van der Waals surface area contributed by atoms with Gasteiger partial charge >= 0.3 is 5.97 Å². The molecule has 0 saturated heterocycles. The molecule has 3 atom stereocenters. The zero-order valence-electron chi connectivity index (χ0n) is 7.08. The number of hydrogen-bond donors (Lipinski definition) is 0. The largest absolute Gasteiger partial charge is 0.462 e. The Balaban J connectivity index is 2.02. The van der Waals surface area contributed by atoms with Crippen molar-refractivity contribution >= 4 is 11.8 Å². The average molecular weight is 168 g/mol. The molecule has 0 aliphatic heterocycles. The van der Waals surface area contributed by atoms with E-state index in [1.807, 2.05) is 0 Å². The topological polar surface area (TPSA) is 43.4 Å². The summed E-state index contributed by atoms with van der Waals surface area (Å²) in [5.74, 6) is 0.545. The van der Waals surface area contributed by atoms with Crippen LogP contribution in [0.15, 0.2) is 0 Å². The summed E-state index contributed by atoms with van der Waals surface area (Å²) < 4.78 is 5.06. The molecule has 0 heterocycles. The van der Waals surface area contributed by atoms with Crippen LogP contribution in [0.4, 0.5) is 0 Å². The molecule has 0 amide bonds. The number of carbonyl (C=O) groups excluding carboxylic acids is 2. The molecule has 0 aromatic carbocycles. The van der Waals surface area contributed by atoms with Crippen LogP contribution < -0.4 is 0 Å². The van der Waals surface area contributed by atoms with Crippen LogP contribution in [0, 0.1) is 11.8 Å². The van der Waals surface area contributed by atoms with Crippen LogP contribution in [0.2, 0.25) is 0 Å². The minimum atomic E-state index is -0.264. The van der Waals surface area contributed by atoms with Crippen LogP contribution in [0.1, 0.15) is 26.2 Å². The maximum absolute atomic E-state index is 11.2. The van der Waals surface area contributed by atoms with E-state index in [9.17, 15) is 9.59 Å². The third-order valence-corrected chi connectivity index (χ3v) is 2.82. The molecule has 2 aliphatic rings. The summed E-state index contributed by atoms with van der Waals surface area (Å²) in [6.45, 7) is 1.40. The maximum Gasteiger partial charge on any atom is 0.302 e. The highest BCUT2D eigenvalue weighted by molar-refractivity contribution is 5.85. The quantitative estimate of drug-likeness (QED) is 0.547. The Morgan fingerprint density at radius 3 is 2.75 bits per heavy atom. The molecule has 2 rings (SSSR count). The van der Waals surface area contributed by atoms with Crippen molar-refractivity contribution in [1.82, 2.24) is 0 Å². The van der Waals surface area contributed by atoms with Gasteiger partial charge in [-0.25, -0.2) is 0 Å². The molecule has 0 N–H and O–H groups in total. The zero-order chi connectivity index (χ0) is 8.72. The molecule has 3 heteroatoms. The van der Waals surface area contributed by atoms with Crippen molar-refractivity contribution in [3.05, 3.63) is 0 Å². The summed E-state index contributed by atoms with van der Waals surface area (Å²) in [6, 6.07) is 0. The Morgan fingerprint density at radius 1 is 1.50 bits per heavy atom. The van der Waals surface area contributed by atoms with Crippen LogP contribution in [-0.4, -0.2) is 17.9 Å². The van der Waals surface area contributed by atoms with Crippen LogP contribution in [0.5, 0.6) is 0 Å². The Kier molecular flexibility index (Phi) is 1.67. The van der Waals surface area contributed by atoms with Crippen molar-refractivity contribution in [2.75, 3.05) is 0 Å². The number of hydrogen-bond acceptors (Lipinski definition) is 3. The lowest BCUT2D eigenvalue weighted by atomic mass is 9.96. The van der Waals surface area contributed by atoms with Gasteiger partial charge in [0.25, 0.3) is 0 Å². The van der Waals surface area contributed by atoms with Gasteiger partial charge in [-0.3, -0.25) is 9.59 Å². The maximum atomic E-state index is 11.2. The van der Waals surface area contributed by atoms with E-state index in [1.54, 1.807) is 0 Å². The van der Waals surface area contributed by atoms with Gasteiger partial charge in [0.2, 0.25) is 0 Å². The monoisotopic (exact) mass is 168 g/mol. The number of Topliss-reactive ketones (excluding diaryl/α,β-unsaturated/α-hetero) is 1. The van der Waals surface area contributed by atoms with E-state index in [4.69, 9.17) is 4.74 Å². The number of rotatable bonds is 1. The molecule has 2 bridgehead atoms. The normalized spacial score (nSPS) is 38.8. The predicted molar refractivity (Wildman–Crippen MR) is 41.4 cm³/mol. The van der Waals surface area contributed by atoms with Gasteiger partial charge in [0.1, 0.15) is 11.9 Å². The standard InChI is InChI=1S/C9H12O3/c1-5(10)12-9-4-6-2-7(9)8(11)3-6/h6-7,9H,2-4H2,1H3/t6-,7+,9-/m1/s1. The van der Waals surface area contributed by atoms with E-state index < -0.39 is 0 Å². The van der Waals surface area contributed by atoms with Gasteiger partial charge in [0.05, 0.1) is 5.92 Å². The highest BCUT2D eigenvalue weighted by Gasteiger charge is 2.47. The third kappa shape index (κ3) is 1.13. The Labute approximate surface area is 71.1 Å². The molecule has 12 heavy (non-hydrogen) atoms. The van der Waals surface area contributed by atoms with Crippen LogP contribution in [-0.2, 0) is 14.3 Å². The number of ether oxygens (including phenoxy) is 1. The third-order valence-electron chi connectivity index (χ3n) is 2.82. The van der Waals surface area contributed by atoms with Gasteiger partial charge in [-0.15, -0.1) is 0 Å². The lowest BCUT2D eigenvalue weighted by Gasteiger charge is -2.19. The summed E-state index contributed by atoms with van der Waals surface area (Å²) in [5.41, 5.74) is 0. The second-order valence-electron chi connectivity index (χ2n) is 3.76. The van der Waals surface area contributed by atoms with E-state index in [2.05, 4.69) is 0 Å². The van der Waals surface area contributed by atoms with E-state index in [0.717, 1.165) is 12.8 Å². The molecule has 0 aromatic heterocycles. The number of ketones is 1. The minimum absolute atomic E-state index is 0.0268. The zero-order valence-corrected chi connectivity index (χ0v) is 7.08. The van der Waals surface area contributed by atoms with E-state index >= 15 is 0 Å². The van der Waals surface area contributed by atoms with Crippen molar-refractivity contribution in [2.45, 2.75) is 32.3 Å². The summed E-state index contributed by atoms with van der Waals surface area (Å²) in [5, 5.41) is 0. The van der Waals surface area contributed by atoms with Crippen LogP contribution >= 0.6 is 0 Å². The summed E-state index contributed by atoms with van der Waals surface area (Å²) >= 11 is 0. The first-order valence-corrected chi connectivity index (χ1v) is 4.36. The molecule has 0 aromatic rings. The second kappa shape index (κ2) is 2.57. The fourth-order valence-corrected chi connectivity index (χ4v) is 2.38. The molecule has 3 nitrogen and oxygen atoms in total. The lowest BCUT2D eigenvalue weighted by molar-refractivity contribution is -0.150. The minimum Gasteiger partial charge on any atom is -0.462 e. The molecular formula is C9H12O3. The van der Waals surface area contributed by atoms with Crippen LogP contribution in [0.25, 0.3) is 0 Å². The van der Waals surface area contributed by atoms with Crippen molar-refractivity contribution in [3.63, 3.8) is 0 Å². The fourth-order valence-electron chi connectivity index (χ4n) is 2.38. The summed E-state index contributed by atoms with van der Waals surface area (Å²) in [7, 11) is 0. The van der Waals surface area contributed by atoms with E-state index in [1.165, 1.54) is 6.92 Å². The van der Waals surface area contributed by atoms with Gasteiger partial charge in [-0.05, 0) is 18.8 Å². The Morgan fingerprint density at radius 2 is 2.25 bits per heavy atom. The summed E-state index contributed by atoms with van der Waals surface area (Å²) in [6.07, 6.45) is 2.45. The van der Waals surface area contributed by atoms with E-state index in [0.29, 0.717) is 12.3 Å². The molecular weight excluding hydrogens is 156 g/mol. The van der Waals surface area contributed by atoms with Crippen molar-refractivity contribution < 1.29 is 14.3 Å². The lowest BCUT2D eigenvalue weighted by Crippen LogP contribution is -2.28. The molecule has 2 fully saturated rings. The van der Waals surface area contributed by atoms with Gasteiger partial charge in [0, 0.05) is 13.3 Å². The van der Waals surface area contributed by atoms with Crippen molar-refractivity contribution in [2.24, 2.45) is 11.8 Å². The number of esters is 1. The first kappa shape index (κ1) is 7.77. The Bertz CT molecular complexity index is 234. The van der Waals surface area contributed by atoms with Crippen molar-refractivity contribution in [1.29, 1.82) is 0 Å². The molecule has 0 radical (unpaired) electrons. The van der Waals surface area contributed by atoms with Gasteiger partial charge < -0.3 is 4.74 Å². The summed E-state index contributed by atoms with van der Waals surface area (Å²) in [4.78, 5) is 21.9. The first-order valence-electron chi connectivity index (χ1n) is 4.36. The molecule has 66 valence electrons. The molecule has 2 aliphatic carbocycles. The smallest absolute Gasteiger partial charge is 0.302 e. The van der Waals surface area contributed by atoms with Gasteiger partial charge in [-0.1, -0.05) is 0 Å². The number of carbonyl (C=O) groups is 2. The highest BCUT2D eigenvalue weighted by atomic mass is 16.5. The molecule has 0 unspecified atom stereocenters. The van der Waals surface area contributed by atoms with Gasteiger partial charge in [0.15, 0.2) is 0 Å². The number of fused-ring (bicyclic) bond motifs is 2. The van der Waals surface area contributed by atoms with Gasteiger partial charge in [-0.2, -0.15) is 0 Å². The highest BCUT2D eigenvalue weighted by Crippen LogP contribution is 2.43. The second-order valence-corrected chi connectivity index (χ2v) is 3.76. The average Bonchev–Trinajstić information content (AvgIpc) is 2.43. The SMILES string of the molecule is CC(=O)O[C@@H]1C[C@H]2CC(=O)[C@@H]1C2. The van der Waals surface area contributed by atoms with Crippen molar-refractivity contribution in [3.8, 4) is 0 Å². The van der Waals surface area contributed by atoms with Crippen LogP contribution in [0.3, 0.4) is 0 Å². The fraction of sp³-hybridized carbons (Fsp3) is 0.778. The Hall–Kier alpha value is -0.860. The predicted octanol–water partition coefficient (Wildman–Crippen LogP) is 0.917. The molecule has 2 saturated carbocycles. The first-order chi connectivity index (χ1) is 5.66. The van der Waals surface area contributed by atoms with E-state index in [-0.39, 0.29) is 23.8 Å². The molecule has 0 spiro atoms.